The number of amides is 3. The third-order valence-electron chi connectivity index (χ3n) is 4.03. The first kappa shape index (κ1) is 18.2. The van der Waals surface area contributed by atoms with Crippen LogP contribution in [0.2, 0.25) is 0 Å². The van der Waals surface area contributed by atoms with Crippen LogP contribution in [0.25, 0.3) is 0 Å². The number of nitrogens with zero attached hydrogens (tertiary/aromatic N) is 2. The number of nitrogens with two attached hydrogens (primary N) is 1. The number of primary amides is 1. The lowest BCUT2D eigenvalue weighted by molar-refractivity contribution is -0.132. The van der Waals surface area contributed by atoms with Gasteiger partial charge in [0.05, 0.1) is 12.1 Å². The molecule has 0 bridgehead atoms. The summed E-state index contributed by atoms with van der Waals surface area (Å²) in [4.78, 5) is 35.7. The molecule has 3 N–H and O–H groups in total. The molecular formula is C19H17FN4O3. The lowest BCUT2D eigenvalue weighted by Gasteiger charge is -2.23. The molecule has 0 fully saturated rings. The van der Waals surface area contributed by atoms with Gasteiger partial charge in [-0.3, -0.25) is 14.4 Å². The van der Waals surface area contributed by atoms with Crippen LogP contribution in [0.3, 0.4) is 0 Å². The molecule has 0 unspecified atom stereocenters. The van der Waals surface area contributed by atoms with Gasteiger partial charge < -0.3 is 11.1 Å². The van der Waals surface area contributed by atoms with Gasteiger partial charge in [-0.1, -0.05) is 30.3 Å². The number of anilines is 1. The zero-order valence-electron chi connectivity index (χ0n) is 14.3. The fourth-order valence-electron chi connectivity index (χ4n) is 2.64. The monoisotopic (exact) mass is 368 g/mol. The normalized spacial score (nSPS) is 13.9. The summed E-state index contributed by atoms with van der Waals surface area (Å²) in [5.41, 5.74) is 6.06. The molecule has 138 valence electrons. The largest absolute Gasteiger partial charge is 0.366 e. The van der Waals surface area contributed by atoms with Gasteiger partial charge in [-0.25, -0.2) is 9.40 Å². The van der Waals surface area contributed by atoms with Crippen LogP contribution in [0.5, 0.6) is 0 Å². The summed E-state index contributed by atoms with van der Waals surface area (Å²) in [7, 11) is 0. The van der Waals surface area contributed by atoms with Crippen LogP contribution >= 0.6 is 0 Å². The Morgan fingerprint density at radius 3 is 2.59 bits per heavy atom. The molecule has 1 aliphatic heterocycles. The lowest BCUT2D eigenvalue weighted by Crippen LogP contribution is -2.36. The summed E-state index contributed by atoms with van der Waals surface area (Å²) in [5, 5.41) is 7.96. The fraction of sp³-hybridized carbons (Fsp3) is 0.158. The van der Waals surface area contributed by atoms with Crippen molar-refractivity contribution < 1.29 is 18.8 Å². The summed E-state index contributed by atoms with van der Waals surface area (Å²) >= 11 is 0. The highest BCUT2D eigenvalue weighted by molar-refractivity contribution is 6.43. The van der Waals surface area contributed by atoms with E-state index in [1.54, 1.807) is 0 Å². The standard InChI is InChI=1S/C19H17FN4O3/c20-15-7-6-13(10-14(15)18(21)26)22-19(27)16-8-9-17(25)24(23-16)11-12-4-2-1-3-5-12/h1-7,10H,8-9,11H2,(H2,21,26)(H,22,27). The molecule has 0 aliphatic carbocycles. The van der Waals surface area contributed by atoms with Crippen LogP contribution in [0.15, 0.2) is 53.6 Å². The van der Waals surface area contributed by atoms with Crippen molar-refractivity contribution in [2.45, 2.75) is 19.4 Å². The average Bonchev–Trinajstić information content (AvgIpc) is 2.65. The van der Waals surface area contributed by atoms with E-state index in [0.717, 1.165) is 17.7 Å². The van der Waals surface area contributed by atoms with Gasteiger partial charge in [0.1, 0.15) is 11.5 Å². The summed E-state index contributed by atoms with van der Waals surface area (Å²) < 4.78 is 13.5. The molecule has 3 amide bonds. The molecule has 0 saturated heterocycles. The highest BCUT2D eigenvalue weighted by Crippen LogP contribution is 2.17. The molecule has 1 heterocycles. The van der Waals surface area contributed by atoms with Gasteiger partial charge in [0, 0.05) is 18.5 Å². The maximum atomic E-state index is 13.5. The Hall–Kier alpha value is -3.55. The first-order valence-corrected chi connectivity index (χ1v) is 8.26. The summed E-state index contributed by atoms with van der Waals surface area (Å²) in [6, 6.07) is 12.8. The van der Waals surface area contributed by atoms with Crippen molar-refractivity contribution in [2.75, 3.05) is 5.32 Å². The minimum absolute atomic E-state index is 0.162. The maximum absolute atomic E-state index is 13.5. The first-order chi connectivity index (χ1) is 12.9. The van der Waals surface area contributed by atoms with E-state index >= 15 is 0 Å². The Morgan fingerprint density at radius 1 is 1.15 bits per heavy atom. The predicted molar refractivity (Wildman–Crippen MR) is 97.2 cm³/mol. The van der Waals surface area contributed by atoms with Crippen LogP contribution < -0.4 is 11.1 Å². The van der Waals surface area contributed by atoms with Crippen molar-refractivity contribution in [3.63, 3.8) is 0 Å². The Labute approximate surface area is 154 Å². The summed E-state index contributed by atoms with van der Waals surface area (Å²) in [6.07, 6.45) is 0.356. The quantitative estimate of drug-likeness (QED) is 0.844. The first-order valence-electron chi connectivity index (χ1n) is 8.26. The number of nitrogens with one attached hydrogen (secondary N) is 1. The van der Waals surface area contributed by atoms with Crippen molar-refractivity contribution in [2.24, 2.45) is 10.8 Å². The number of halogens is 1. The molecule has 0 radical (unpaired) electrons. The van der Waals surface area contributed by atoms with Crippen molar-refractivity contribution in [1.29, 1.82) is 0 Å². The molecule has 0 saturated carbocycles. The highest BCUT2D eigenvalue weighted by atomic mass is 19.1. The van der Waals surface area contributed by atoms with Crippen LogP contribution in [-0.4, -0.2) is 28.4 Å². The van der Waals surface area contributed by atoms with Gasteiger partial charge in [0.25, 0.3) is 11.8 Å². The summed E-state index contributed by atoms with van der Waals surface area (Å²) in [5.74, 6) is -2.40. The lowest BCUT2D eigenvalue weighted by atomic mass is 10.1. The minimum Gasteiger partial charge on any atom is -0.366 e. The third-order valence-corrected chi connectivity index (χ3v) is 4.03. The van der Waals surface area contributed by atoms with E-state index < -0.39 is 17.6 Å². The Kier molecular flexibility index (Phi) is 5.25. The topological polar surface area (TPSA) is 105 Å². The zero-order valence-corrected chi connectivity index (χ0v) is 14.3. The SMILES string of the molecule is NC(=O)c1cc(NC(=O)C2=NN(Cc3ccccc3)C(=O)CC2)ccc1F. The van der Waals surface area contributed by atoms with Gasteiger partial charge in [0.2, 0.25) is 5.91 Å². The highest BCUT2D eigenvalue weighted by Gasteiger charge is 2.25. The van der Waals surface area contributed by atoms with Gasteiger partial charge in [0.15, 0.2) is 0 Å². The van der Waals surface area contributed by atoms with E-state index in [4.69, 9.17) is 5.73 Å². The van der Waals surface area contributed by atoms with E-state index in [9.17, 15) is 18.8 Å². The number of carbonyl (C=O) groups is 3. The molecule has 3 rings (SSSR count). The van der Waals surface area contributed by atoms with Gasteiger partial charge in [-0.2, -0.15) is 5.10 Å². The second-order valence-corrected chi connectivity index (χ2v) is 6.00. The second-order valence-electron chi connectivity index (χ2n) is 6.00. The number of rotatable bonds is 5. The van der Waals surface area contributed by atoms with Gasteiger partial charge in [-0.15, -0.1) is 0 Å². The summed E-state index contributed by atoms with van der Waals surface area (Å²) in [6.45, 7) is 0.263. The number of carbonyl (C=O) groups excluding carboxylic acids is 3. The Morgan fingerprint density at radius 2 is 1.89 bits per heavy atom. The molecule has 1 aliphatic rings. The van der Waals surface area contributed by atoms with Crippen molar-refractivity contribution in [1.82, 2.24) is 5.01 Å². The Balaban J connectivity index is 1.76. The second kappa shape index (κ2) is 7.77. The number of hydrazone groups is 1. The van der Waals surface area contributed by atoms with E-state index in [1.807, 2.05) is 30.3 Å². The van der Waals surface area contributed by atoms with Crippen LogP contribution in [0.1, 0.15) is 28.8 Å². The Bertz CT molecular complexity index is 928. The van der Waals surface area contributed by atoms with Gasteiger partial charge in [-0.05, 0) is 23.8 Å². The minimum atomic E-state index is -0.932. The molecular weight excluding hydrogens is 351 g/mol. The predicted octanol–water partition coefficient (Wildman–Crippen LogP) is 2.04. The molecule has 2 aromatic carbocycles. The molecule has 2 aromatic rings. The van der Waals surface area contributed by atoms with E-state index in [-0.39, 0.29) is 42.3 Å². The van der Waals surface area contributed by atoms with E-state index in [1.165, 1.54) is 11.1 Å². The molecule has 0 atom stereocenters. The third kappa shape index (κ3) is 4.35. The van der Waals surface area contributed by atoms with Crippen molar-refractivity contribution >= 4 is 29.1 Å². The van der Waals surface area contributed by atoms with Crippen LogP contribution in [-0.2, 0) is 16.1 Å². The molecule has 0 aromatic heterocycles. The number of hydrogen-bond donors (Lipinski definition) is 2. The molecule has 8 heteroatoms. The fourth-order valence-corrected chi connectivity index (χ4v) is 2.64. The van der Waals surface area contributed by atoms with Gasteiger partial charge >= 0.3 is 0 Å². The van der Waals surface area contributed by atoms with E-state index in [0.29, 0.717) is 0 Å². The van der Waals surface area contributed by atoms with Crippen molar-refractivity contribution in [3.8, 4) is 0 Å². The number of hydrogen-bond acceptors (Lipinski definition) is 4. The number of benzene rings is 2. The van der Waals surface area contributed by atoms with Crippen LogP contribution in [0.4, 0.5) is 10.1 Å². The smallest absolute Gasteiger partial charge is 0.271 e. The molecule has 27 heavy (non-hydrogen) atoms. The zero-order chi connectivity index (χ0) is 19.4. The average molecular weight is 368 g/mol. The van der Waals surface area contributed by atoms with Crippen molar-refractivity contribution in [3.05, 3.63) is 65.5 Å². The van der Waals surface area contributed by atoms with Crippen LogP contribution in [0, 0.1) is 5.82 Å². The maximum Gasteiger partial charge on any atom is 0.271 e. The molecule has 0 spiro atoms. The van der Waals surface area contributed by atoms with E-state index in [2.05, 4.69) is 10.4 Å². The molecule has 7 nitrogen and oxygen atoms in total.